The zero-order valence-corrected chi connectivity index (χ0v) is 14.5. The molecule has 0 aliphatic carbocycles. The lowest BCUT2D eigenvalue weighted by Gasteiger charge is -2.09. The number of carbonyl (C=O) groups is 2. The van der Waals surface area contributed by atoms with E-state index in [2.05, 4.69) is 5.32 Å². The van der Waals surface area contributed by atoms with Crippen LogP contribution < -0.4 is 10.6 Å². The molecule has 0 aliphatic heterocycles. The van der Waals surface area contributed by atoms with Gasteiger partial charge in [0.25, 0.3) is 5.91 Å². The van der Waals surface area contributed by atoms with Gasteiger partial charge in [-0.1, -0.05) is 12.1 Å². The molecular formula is C20H16F3N3O2. The Hall–Kier alpha value is -3.55. The maximum Gasteiger partial charge on any atom is 0.471 e. The fourth-order valence-electron chi connectivity index (χ4n) is 2.48. The fraction of sp³-hybridized carbons (Fsp3) is 0.100. The average Bonchev–Trinajstić information content (AvgIpc) is 3.21. The summed E-state index contributed by atoms with van der Waals surface area (Å²) in [7, 11) is 0. The van der Waals surface area contributed by atoms with Gasteiger partial charge in [-0.2, -0.15) is 13.2 Å². The number of carbonyl (C=O) groups excluding carboxylic acids is 2. The van der Waals surface area contributed by atoms with E-state index in [1.54, 1.807) is 29.6 Å². The van der Waals surface area contributed by atoms with Crippen molar-refractivity contribution in [2.24, 2.45) is 0 Å². The van der Waals surface area contributed by atoms with Gasteiger partial charge in [0.05, 0.1) is 0 Å². The molecular weight excluding hydrogens is 371 g/mol. The summed E-state index contributed by atoms with van der Waals surface area (Å²) in [5.74, 6) is -2.30. The van der Waals surface area contributed by atoms with Gasteiger partial charge in [0.15, 0.2) is 0 Å². The summed E-state index contributed by atoms with van der Waals surface area (Å²) in [6.45, 7) is -0.257. The van der Waals surface area contributed by atoms with E-state index >= 15 is 0 Å². The standard InChI is InChI=1S/C20H16F3N3O2/c21-20(22,23)19(28)24-13-14-3-7-16(8-4-14)25-18(27)15-5-9-17(10-6-15)26-11-1-2-12-26/h1-12H,13H2,(H,24,28)(H,25,27). The van der Waals surface area contributed by atoms with Crippen molar-refractivity contribution in [3.8, 4) is 5.69 Å². The van der Waals surface area contributed by atoms with Crippen molar-refractivity contribution in [2.45, 2.75) is 12.7 Å². The third-order valence-corrected chi connectivity index (χ3v) is 3.95. The number of halogens is 3. The van der Waals surface area contributed by atoms with E-state index in [0.29, 0.717) is 16.8 Å². The highest BCUT2D eigenvalue weighted by Crippen LogP contribution is 2.16. The zero-order valence-electron chi connectivity index (χ0n) is 14.5. The summed E-state index contributed by atoms with van der Waals surface area (Å²) in [6, 6.07) is 17.0. The van der Waals surface area contributed by atoms with Gasteiger partial charge in [-0.05, 0) is 54.1 Å². The molecule has 144 valence electrons. The minimum atomic E-state index is -4.91. The van der Waals surface area contributed by atoms with Crippen molar-refractivity contribution in [3.05, 3.63) is 84.2 Å². The molecule has 8 heteroatoms. The number of nitrogens with zero attached hydrogens (tertiary/aromatic N) is 1. The molecule has 0 bridgehead atoms. The van der Waals surface area contributed by atoms with Crippen LogP contribution in [0.4, 0.5) is 18.9 Å². The highest BCUT2D eigenvalue weighted by atomic mass is 19.4. The van der Waals surface area contributed by atoms with E-state index in [0.717, 1.165) is 5.69 Å². The van der Waals surface area contributed by atoms with Gasteiger partial charge < -0.3 is 15.2 Å². The van der Waals surface area contributed by atoms with Crippen LogP contribution in [0.1, 0.15) is 15.9 Å². The predicted octanol–water partition coefficient (Wildman–Crippen LogP) is 3.91. The Balaban J connectivity index is 1.58. The average molecular weight is 387 g/mol. The molecule has 2 aromatic carbocycles. The molecule has 0 radical (unpaired) electrons. The quantitative estimate of drug-likeness (QED) is 0.697. The Kier molecular flexibility index (Phi) is 5.49. The highest BCUT2D eigenvalue weighted by molar-refractivity contribution is 6.04. The molecule has 0 saturated heterocycles. The summed E-state index contributed by atoms with van der Waals surface area (Å²) in [6.07, 6.45) is -1.12. The Morgan fingerprint density at radius 3 is 2.07 bits per heavy atom. The summed E-state index contributed by atoms with van der Waals surface area (Å²) in [5.41, 5.74) is 2.36. The Morgan fingerprint density at radius 2 is 1.50 bits per heavy atom. The molecule has 2 amide bonds. The molecule has 0 fully saturated rings. The maximum absolute atomic E-state index is 12.3. The van der Waals surface area contributed by atoms with Gasteiger partial charge in [0, 0.05) is 35.9 Å². The minimum Gasteiger partial charge on any atom is -0.344 e. The lowest BCUT2D eigenvalue weighted by molar-refractivity contribution is -0.173. The second-order valence-electron chi connectivity index (χ2n) is 5.97. The SMILES string of the molecule is O=C(Nc1ccc(CNC(=O)C(F)(F)F)cc1)c1ccc(-n2cccc2)cc1. The minimum absolute atomic E-state index is 0.257. The van der Waals surface area contributed by atoms with E-state index in [1.165, 1.54) is 12.1 Å². The van der Waals surface area contributed by atoms with Gasteiger partial charge in [-0.25, -0.2) is 0 Å². The number of rotatable bonds is 5. The molecule has 0 spiro atoms. The Morgan fingerprint density at radius 1 is 0.893 bits per heavy atom. The molecule has 3 aromatic rings. The molecule has 0 atom stereocenters. The topological polar surface area (TPSA) is 63.1 Å². The number of hydrogen-bond donors (Lipinski definition) is 2. The van der Waals surface area contributed by atoms with Crippen LogP contribution in [-0.4, -0.2) is 22.6 Å². The van der Waals surface area contributed by atoms with Crippen LogP contribution in [-0.2, 0) is 11.3 Å². The third-order valence-electron chi connectivity index (χ3n) is 3.95. The smallest absolute Gasteiger partial charge is 0.344 e. The van der Waals surface area contributed by atoms with E-state index in [1.807, 2.05) is 41.2 Å². The number of nitrogens with one attached hydrogen (secondary N) is 2. The van der Waals surface area contributed by atoms with Crippen molar-refractivity contribution in [1.82, 2.24) is 9.88 Å². The molecule has 3 rings (SSSR count). The van der Waals surface area contributed by atoms with Gasteiger partial charge in [0.2, 0.25) is 0 Å². The Bertz CT molecular complexity index is 948. The summed E-state index contributed by atoms with van der Waals surface area (Å²) < 4.78 is 38.4. The van der Waals surface area contributed by atoms with Crippen LogP contribution in [0.2, 0.25) is 0 Å². The molecule has 5 nitrogen and oxygen atoms in total. The largest absolute Gasteiger partial charge is 0.471 e. The first-order valence-corrected chi connectivity index (χ1v) is 8.32. The monoisotopic (exact) mass is 387 g/mol. The summed E-state index contributed by atoms with van der Waals surface area (Å²) >= 11 is 0. The number of amides is 2. The lowest BCUT2D eigenvalue weighted by Crippen LogP contribution is -2.36. The second-order valence-corrected chi connectivity index (χ2v) is 5.97. The van der Waals surface area contributed by atoms with Crippen LogP contribution in [0.5, 0.6) is 0 Å². The van der Waals surface area contributed by atoms with Crippen LogP contribution in [0.15, 0.2) is 73.1 Å². The third kappa shape index (κ3) is 4.79. The van der Waals surface area contributed by atoms with Crippen molar-refractivity contribution in [2.75, 3.05) is 5.32 Å². The van der Waals surface area contributed by atoms with Crippen LogP contribution in [0.25, 0.3) is 5.69 Å². The normalized spacial score (nSPS) is 11.1. The predicted molar refractivity (Wildman–Crippen MR) is 98.1 cm³/mol. The molecule has 2 N–H and O–H groups in total. The van der Waals surface area contributed by atoms with Crippen molar-refractivity contribution < 1.29 is 22.8 Å². The number of hydrogen-bond acceptors (Lipinski definition) is 2. The van der Waals surface area contributed by atoms with E-state index in [4.69, 9.17) is 0 Å². The van der Waals surface area contributed by atoms with Gasteiger partial charge in [-0.15, -0.1) is 0 Å². The summed E-state index contributed by atoms with van der Waals surface area (Å²) in [5, 5.41) is 4.50. The zero-order chi connectivity index (χ0) is 20.1. The van der Waals surface area contributed by atoms with E-state index < -0.39 is 12.1 Å². The van der Waals surface area contributed by atoms with Crippen molar-refractivity contribution in [1.29, 1.82) is 0 Å². The van der Waals surface area contributed by atoms with Gasteiger partial charge >= 0.3 is 12.1 Å². The van der Waals surface area contributed by atoms with E-state index in [9.17, 15) is 22.8 Å². The summed E-state index contributed by atoms with van der Waals surface area (Å²) in [4.78, 5) is 23.1. The van der Waals surface area contributed by atoms with Crippen molar-refractivity contribution in [3.63, 3.8) is 0 Å². The maximum atomic E-state index is 12.3. The first-order chi connectivity index (χ1) is 13.3. The van der Waals surface area contributed by atoms with Crippen LogP contribution in [0, 0.1) is 0 Å². The fourth-order valence-corrected chi connectivity index (χ4v) is 2.48. The van der Waals surface area contributed by atoms with E-state index in [-0.39, 0.29) is 12.5 Å². The first kappa shape index (κ1) is 19.2. The molecule has 0 saturated carbocycles. The molecule has 28 heavy (non-hydrogen) atoms. The highest BCUT2D eigenvalue weighted by Gasteiger charge is 2.38. The number of alkyl halides is 3. The number of aromatic nitrogens is 1. The molecule has 1 heterocycles. The Labute approximate surface area is 158 Å². The molecule has 1 aromatic heterocycles. The van der Waals surface area contributed by atoms with Crippen molar-refractivity contribution >= 4 is 17.5 Å². The molecule has 0 aliphatic rings. The van der Waals surface area contributed by atoms with Gasteiger partial charge in [0.1, 0.15) is 0 Å². The number of benzene rings is 2. The first-order valence-electron chi connectivity index (χ1n) is 8.32. The van der Waals surface area contributed by atoms with Crippen LogP contribution >= 0.6 is 0 Å². The van der Waals surface area contributed by atoms with Gasteiger partial charge in [-0.3, -0.25) is 9.59 Å². The molecule has 0 unspecified atom stereocenters. The lowest BCUT2D eigenvalue weighted by atomic mass is 10.1. The second kappa shape index (κ2) is 7.99. The number of anilines is 1. The van der Waals surface area contributed by atoms with Crippen LogP contribution in [0.3, 0.4) is 0 Å².